The molecule has 0 aliphatic carbocycles. The molecule has 1 unspecified atom stereocenters. The minimum absolute atomic E-state index is 0.126. The monoisotopic (exact) mass is 202 g/mol. The van der Waals surface area contributed by atoms with Gasteiger partial charge in [0, 0.05) is 20.4 Å². The number of carbonyl (C=O) groups is 2. The molecule has 0 bridgehead atoms. The largest absolute Gasteiger partial charge is 0.459 e. The molecule has 0 fully saturated rings. The van der Waals surface area contributed by atoms with Crippen molar-refractivity contribution in [3.63, 3.8) is 0 Å². The van der Waals surface area contributed by atoms with Gasteiger partial charge in [-0.2, -0.15) is 0 Å². The zero-order valence-electron chi connectivity index (χ0n) is 8.92. The van der Waals surface area contributed by atoms with Crippen molar-refractivity contribution in [1.82, 2.24) is 10.6 Å². The van der Waals surface area contributed by atoms with Gasteiger partial charge < -0.3 is 15.4 Å². The first kappa shape index (κ1) is 12.9. The van der Waals surface area contributed by atoms with E-state index in [1.165, 1.54) is 13.8 Å². The second kappa shape index (κ2) is 7.32. The third-order valence-corrected chi connectivity index (χ3v) is 1.53. The highest BCUT2D eigenvalue weighted by atomic mass is 16.5. The van der Waals surface area contributed by atoms with Gasteiger partial charge in [-0.05, 0) is 6.54 Å². The normalized spacial score (nSPS) is 11.9. The molecule has 0 heterocycles. The molecular weight excluding hydrogens is 184 g/mol. The third kappa shape index (κ3) is 7.54. The lowest BCUT2D eigenvalue weighted by molar-refractivity contribution is -0.146. The number of ether oxygens (including phenoxy) is 1. The maximum absolute atomic E-state index is 10.7. The summed E-state index contributed by atoms with van der Waals surface area (Å²) in [5.41, 5.74) is 0. The van der Waals surface area contributed by atoms with Crippen molar-refractivity contribution in [3.8, 4) is 0 Å². The smallest absolute Gasteiger partial charge is 0.303 e. The average molecular weight is 202 g/mol. The van der Waals surface area contributed by atoms with E-state index in [0.29, 0.717) is 13.1 Å². The lowest BCUT2D eigenvalue weighted by atomic mass is 10.3. The van der Waals surface area contributed by atoms with Gasteiger partial charge in [-0.15, -0.1) is 0 Å². The highest BCUT2D eigenvalue weighted by Crippen LogP contribution is 1.90. The van der Waals surface area contributed by atoms with E-state index in [4.69, 9.17) is 4.74 Å². The summed E-state index contributed by atoms with van der Waals surface area (Å²) in [5.74, 6) is -0.461. The fourth-order valence-corrected chi connectivity index (χ4v) is 0.953. The molecule has 0 rings (SSSR count). The Bertz CT molecular complexity index is 194. The Labute approximate surface area is 84.2 Å². The highest BCUT2D eigenvalue weighted by Gasteiger charge is 2.11. The van der Waals surface area contributed by atoms with Crippen LogP contribution in [0, 0.1) is 0 Å². The van der Waals surface area contributed by atoms with Crippen molar-refractivity contribution in [3.05, 3.63) is 0 Å². The number of carbonyl (C=O) groups excluding carboxylic acids is 2. The molecule has 0 radical (unpaired) electrons. The van der Waals surface area contributed by atoms with E-state index in [9.17, 15) is 9.59 Å². The summed E-state index contributed by atoms with van der Waals surface area (Å²) < 4.78 is 4.99. The predicted octanol–water partition coefficient (Wildman–Crippen LogP) is -0.336. The van der Waals surface area contributed by atoms with Gasteiger partial charge in [0.25, 0.3) is 0 Å². The van der Waals surface area contributed by atoms with Crippen molar-refractivity contribution in [2.24, 2.45) is 0 Å². The van der Waals surface area contributed by atoms with E-state index < -0.39 is 0 Å². The van der Waals surface area contributed by atoms with Crippen molar-refractivity contribution in [2.45, 2.75) is 26.9 Å². The molecular formula is C9H18N2O3. The van der Waals surface area contributed by atoms with Gasteiger partial charge in [-0.3, -0.25) is 9.59 Å². The summed E-state index contributed by atoms with van der Waals surface area (Å²) in [6.45, 7) is 6.45. The quantitative estimate of drug-likeness (QED) is 0.578. The van der Waals surface area contributed by atoms with Gasteiger partial charge in [0.1, 0.15) is 6.10 Å². The molecule has 1 amide bonds. The Morgan fingerprint density at radius 2 is 1.93 bits per heavy atom. The summed E-state index contributed by atoms with van der Waals surface area (Å²) in [4.78, 5) is 21.3. The molecule has 5 nitrogen and oxygen atoms in total. The summed E-state index contributed by atoms with van der Waals surface area (Å²) in [5, 5.41) is 5.65. The van der Waals surface area contributed by atoms with E-state index >= 15 is 0 Å². The van der Waals surface area contributed by atoms with Crippen LogP contribution in [0.1, 0.15) is 20.8 Å². The summed E-state index contributed by atoms with van der Waals surface area (Å²) in [6.07, 6.45) is -0.295. The van der Waals surface area contributed by atoms with Crippen molar-refractivity contribution >= 4 is 11.9 Å². The Balaban J connectivity index is 3.83. The van der Waals surface area contributed by atoms with Crippen LogP contribution in [-0.4, -0.2) is 37.6 Å². The molecule has 0 aliphatic heterocycles. The molecule has 0 spiro atoms. The van der Waals surface area contributed by atoms with Crippen LogP contribution in [0.15, 0.2) is 0 Å². The minimum atomic E-state index is -0.335. The van der Waals surface area contributed by atoms with Crippen LogP contribution in [0.5, 0.6) is 0 Å². The third-order valence-electron chi connectivity index (χ3n) is 1.53. The van der Waals surface area contributed by atoms with Crippen molar-refractivity contribution in [2.75, 3.05) is 19.6 Å². The Morgan fingerprint density at radius 3 is 2.36 bits per heavy atom. The van der Waals surface area contributed by atoms with Crippen LogP contribution in [-0.2, 0) is 14.3 Å². The lowest BCUT2D eigenvalue weighted by Gasteiger charge is -2.17. The maximum atomic E-state index is 10.7. The number of hydrogen-bond acceptors (Lipinski definition) is 4. The van der Waals surface area contributed by atoms with Crippen LogP contribution in [0.2, 0.25) is 0 Å². The van der Waals surface area contributed by atoms with Crippen molar-refractivity contribution < 1.29 is 14.3 Å². The molecule has 0 aromatic heterocycles. The number of nitrogens with one attached hydrogen (secondary N) is 2. The maximum Gasteiger partial charge on any atom is 0.303 e. The van der Waals surface area contributed by atoms with Crippen LogP contribution < -0.4 is 10.6 Å². The standard InChI is InChI=1S/C9H18N2O3/c1-4-10-5-9(14-8(3)13)6-11-7(2)12/h9-10H,4-6H2,1-3H3,(H,11,12). The zero-order chi connectivity index (χ0) is 11.0. The van der Waals surface area contributed by atoms with Gasteiger partial charge in [-0.25, -0.2) is 0 Å². The molecule has 0 saturated carbocycles. The highest BCUT2D eigenvalue weighted by molar-refractivity contribution is 5.72. The molecule has 0 aliphatic rings. The first-order valence-electron chi connectivity index (χ1n) is 4.68. The predicted molar refractivity (Wildman–Crippen MR) is 52.8 cm³/mol. The van der Waals surface area contributed by atoms with Gasteiger partial charge in [0.2, 0.25) is 5.91 Å². The van der Waals surface area contributed by atoms with E-state index in [-0.39, 0.29) is 18.0 Å². The molecule has 0 aromatic carbocycles. The minimum Gasteiger partial charge on any atom is -0.459 e. The first-order valence-corrected chi connectivity index (χ1v) is 4.68. The molecule has 1 atom stereocenters. The fraction of sp³-hybridized carbons (Fsp3) is 0.778. The van der Waals surface area contributed by atoms with Gasteiger partial charge in [0.05, 0.1) is 6.54 Å². The molecule has 5 heteroatoms. The van der Waals surface area contributed by atoms with Gasteiger partial charge in [-0.1, -0.05) is 6.92 Å². The first-order chi connectivity index (χ1) is 6.56. The van der Waals surface area contributed by atoms with Crippen LogP contribution in [0.4, 0.5) is 0 Å². The van der Waals surface area contributed by atoms with E-state index in [1.54, 1.807) is 0 Å². The Kier molecular flexibility index (Phi) is 6.74. The van der Waals surface area contributed by atoms with Crippen LogP contribution >= 0.6 is 0 Å². The number of hydrogen-bond donors (Lipinski definition) is 2. The zero-order valence-corrected chi connectivity index (χ0v) is 8.92. The molecule has 82 valence electrons. The number of rotatable bonds is 6. The molecule has 0 saturated heterocycles. The summed E-state index contributed by atoms with van der Waals surface area (Å²) >= 11 is 0. The summed E-state index contributed by atoms with van der Waals surface area (Å²) in [6, 6.07) is 0. The second-order valence-electron chi connectivity index (χ2n) is 2.98. The summed E-state index contributed by atoms with van der Waals surface area (Å²) in [7, 11) is 0. The second-order valence-corrected chi connectivity index (χ2v) is 2.98. The average Bonchev–Trinajstić information content (AvgIpc) is 2.09. The molecule has 0 aromatic rings. The number of amides is 1. The lowest BCUT2D eigenvalue weighted by Crippen LogP contribution is -2.39. The van der Waals surface area contributed by atoms with Gasteiger partial charge >= 0.3 is 5.97 Å². The van der Waals surface area contributed by atoms with E-state index in [1.807, 2.05) is 6.92 Å². The molecule has 2 N–H and O–H groups in total. The fourth-order valence-electron chi connectivity index (χ4n) is 0.953. The van der Waals surface area contributed by atoms with E-state index in [2.05, 4.69) is 10.6 Å². The van der Waals surface area contributed by atoms with Crippen LogP contribution in [0.3, 0.4) is 0 Å². The SMILES string of the molecule is CCNCC(CNC(C)=O)OC(C)=O. The number of esters is 1. The topological polar surface area (TPSA) is 67.4 Å². The van der Waals surface area contributed by atoms with Gasteiger partial charge in [0.15, 0.2) is 0 Å². The Hall–Kier alpha value is -1.10. The van der Waals surface area contributed by atoms with Crippen LogP contribution in [0.25, 0.3) is 0 Å². The van der Waals surface area contributed by atoms with Crippen molar-refractivity contribution in [1.29, 1.82) is 0 Å². The number of likely N-dealkylation sites (N-methyl/N-ethyl adjacent to an activating group) is 1. The Morgan fingerprint density at radius 1 is 1.29 bits per heavy atom. The molecule has 14 heavy (non-hydrogen) atoms. The van der Waals surface area contributed by atoms with E-state index in [0.717, 1.165) is 6.54 Å².